The Morgan fingerprint density at radius 2 is 2.27 bits per heavy atom. The molecule has 1 aliphatic rings. The molecule has 1 aromatic rings. The molecule has 0 saturated heterocycles. The highest BCUT2D eigenvalue weighted by molar-refractivity contribution is 5.25. The molecule has 1 aliphatic carbocycles. The second-order valence-electron chi connectivity index (χ2n) is 4.48. The zero-order valence-electron chi connectivity index (χ0n) is 9.24. The number of rotatable bonds is 5. The minimum absolute atomic E-state index is 0.128. The molecule has 15 heavy (non-hydrogen) atoms. The standard InChI is InChI=1S/C13H19NO/c1-10(14-8-11-5-6-11)13-4-2-3-12(7-13)9-15/h2-4,7,10-11,14-15H,5-6,8-9H2,1H3. The highest BCUT2D eigenvalue weighted by Crippen LogP contribution is 2.28. The molecular weight excluding hydrogens is 186 g/mol. The van der Waals surface area contributed by atoms with Gasteiger partial charge < -0.3 is 10.4 Å². The summed E-state index contributed by atoms with van der Waals surface area (Å²) in [6, 6.07) is 8.54. The molecule has 1 fully saturated rings. The highest BCUT2D eigenvalue weighted by Gasteiger charge is 2.21. The molecule has 0 heterocycles. The van der Waals surface area contributed by atoms with E-state index in [2.05, 4.69) is 24.4 Å². The zero-order chi connectivity index (χ0) is 10.7. The molecule has 1 unspecified atom stereocenters. The second-order valence-corrected chi connectivity index (χ2v) is 4.48. The minimum Gasteiger partial charge on any atom is -0.392 e. The third kappa shape index (κ3) is 3.05. The van der Waals surface area contributed by atoms with Crippen molar-refractivity contribution in [2.24, 2.45) is 5.92 Å². The van der Waals surface area contributed by atoms with Crippen molar-refractivity contribution >= 4 is 0 Å². The first-order chi connectivity index (χ1) is 7.29. The van der Waals surface area contributed by atoms with Gasteiger partial charge in [-0.25, -0.2) is 0 Å². The maximum atomic E-state index is 9.05. The van der Waals surface area contributed by atoms with Gasteiger partial charge in [0.05, 0.1) is 6.61 Å². The first kappa shape index (κ1) is 10.7. The molecule has 2 rings (SSSR count). The van der Waals surface area contributed by atoms with Gasteiger partial charge in [-0.1, -0.05) is 24.3 Å². The summed E-state index contributed by atoms with van der Waals surface area (Å²) >= 11 is 0. The molecule has 0 aromatic heterocycles. The minimum atomic E-state index is 0.128. The van der Waals surface area contributed by atoms with Crippen LogP contribution < -0.4 is 5.32 Å². The third-order valence-corrected chi connectivity index (χ3v) is 3.04. The van der Waals surface area contributed by atoms with Crippen molar-refractivity contribution in [2.75, 3.05) is 6.54 Å². The molecule has 0 amide bonds. The van der Waals surface area contributed by atoms with Crippen molar-refractivity contribution in [2.45, 2.75) is 32.4 Å². The van der Waals surface area contributed by atoms with Crippen LogP contribution in [0.2, 0.25) is 0 Å². The molecule has 0 bridgehead atoms. The SMILES string of the molecule is CC(NCC1CC1)c1cccc(CO)c1. The molecule has 2 heteroatoms. The van der Waals surface area contributed by atoms with Crippen molar-refractivity contribution in [3.05, 3.63) is 35.4 Å². The lowest BCUT2D eigenvalue weighted by Gasteiger charge is -2.14. The van der Waals surface area contributed by atoms with Crippen molar-refractivity contribution in [1.29, 1.82) is 0 Å². The number of benzene rings is 1. The number of nitrogens with one attached hydrogen (secondary N) is 1. The first-order valence-electron chi connectivity index (χ1n) is 5.72. The topological polar surface area (TPSA) is 32.3 Å². The van der Waals surface area contributed by atoms with Crippen LogP contribution in [0.1, 0.15) is 36.9 Å². The Hall–Kier alpha value is -0.860. The highest BCUT2D eigenvalue weighted by atomic mass is 16.3. The van der Waals surface area contributed by atoms with Gasteiger partial charge in [-0.15, -0.1) is 0 Å². The summed E-state index contributed by atoms with van der Waals surface area (Å²) in [6.45, 7) is 3.44. The number of aliphatic hydroxyl groups is 1. The summed E-state index contributed by atoms with van der Waals surface area (Å²) in [7, 11) is 0. The number of hydrogen-bond acceptors (Lipinski definition) is 2. The van der Waals surface area contributed by atoms with Crippen LogP contribution in [0, 0.1) is 5.92 Å². The Morgan fingerprint density at radius 1 is 1.47 bits per heavy atom. The summed E-state index contributed by atoms with van der Waals surface area (Å²) in [5.41, 5.74) is 2.26. The van der Waals surface area contributed by atoms with Gasteiger partial charge in [0.2, 0.25) is 0 Å². The predicted molar refractivity (Wildman–Crippen MR) is 61.5 cm³/mol. The van der Waals surface area contributed by atoms with E-state index < -0.39 is 0 Å². The number of hydrogen-bond donors (Lipinski definition) is 2. The van der Waals surface area contributed by atoms with E-state index in [0.717, 1.165) is 18.0 Å². The van der Waals surface area contributed by atoms with Crippen molar-refractivity contribution in [1.82, 2.24) is 5.32 Å². The van der Waals surface area contributed by atoms with Gasteiger partial charge in [-0.3, -0.25) is 0 Å². The van der Waals surface area contributed by atoms with E-state index in [1.807, 2.05) is 12.1 Å². The van der Waals surface area contributed by atoms with Crippen molar-refractivity contribution in [3.8, 4) is 0 Å². The van der Waals surface area contributed by atoms with Gasteiger partial charge in [0.15, 0.2) is 0 Å². The fourth-order valence-electron chi connectivity index (χ4n) is 1.74. The summed E-state index contributed by atoms with van der Waals surface area (Å²) < 4.78 is 0. The molecular formula is C13H19NO. The van der Waals surface area contributed by atoms with Crippen LogP contribution in [-0.2, 0) is 6.61 Å². The molecule has 1 saturated carbocycles. The maximum absolute atomic E-state index is 9.05. The fourth-order valence-corrected chi connectivity index (χ4v) is 1.74. The van der Waals surface area contributed by atoms with Gasteiger partial charge in [-0.05, 0) is 43.4 Å². The molecule has 2 nitrogen and oxygen atoms in total. The summed E-state index contributed by atoms with van der Waals surface area (Å²) in [5.74, 6) is 0.911. The summed E-state index contributed by atoms with van der Waals surface area (Å²) in [5, 5.41) is 12.6. The van der Waals surface area contributed by atoms with Gasteiger partial charge in [0.25, 0.3) is 0 Å². The zero-order valence-corrected chi connectivity index (χ0v) is 9.24. The molecule has 0 radical (unpaired) electrons. The van der Waals surface area contributed by atoms with Crippen LogP contribution in [0.3, 0.4) is 0 Å². The molecule has 0 spiro atoms. The van der Waals surface area contributed by atoms with E-state index in [1.165, 1.54) is 18.4 Å². The smallest absolute Gasteiger partial charge is 0.0681 e. The van der Waals surface area contributed by atoms with Crippen LogP contribution >= 0.6 is 0 Å². The Bertz CT molecular complexity index is 320. The second kappa shape index (κ2) is 4.77. The summed E-state index contributed by atoms with van der Waals surface area (Å²) in [4.78, 5) is 0. The van der Waals surface area contributed by atoms with Gasteiger partial charge >= 0.3 is 0 Å². The van der Waals surface area contributed by atoms with Gasteiger partial charge in [-0.2, -0.15) is 0 Å². The lowest BCUT2D eigenvalue weighted by atomic mass is 10.1. The molecule has 1 aromatic carbocycles. The van der Waals surface area contributed by atoms with Crippen LogP contribution in [0.4, 0.5) is 0 Å². The molecule has 2 N–H and O–H groups in total. The lowest BCUT2D eigenvalue weighted by molar-refractivity contribution is 0.281. The Labute approximate surface area is 91.3 Å². The monoisotopic (exact) mass is 205 g/mol. The van der Waals surface area contributed by atoms with Crippen molar-refractivity contribution < 1.29 is 5.11 Å². The predicted octanol–water partition coefficient (Wildman–Crippen LogP) is 2.24. The normalized spacial score (nSPS) is 17.7. The van der Waals surface area contributed by atoms with E-state index in [4.69, 9.17) is 5.11 Å². The number of aliphatic hydroxyl groups excluding tert-OH is 1. The van der Waals surface area contributed by atoms with Crippen molar-refractivity contribution in [3.63, 3.8) is 0 Å². The largest absolute Gasteiger partial charge is 0.392 e. The van der Waals surface area contributed by atoms with E-state index in [0.29, 0.717) is 6.04 Å². The van der Waals surface area contributed by atoms with Crippen LogP contribution in [0.5, 0.6) is 0 Å². The van der Waals surface area contributed by atoms with Crippen LogP contribution in [0.15, 0.2) is 24.3 Å². The Kier molecular flexibility index (Phi) is 3.39. The quantitative estimate of drug-likeness (QED) is 0.772. The van der Waals surface area contributed by atoms with Crippen LogP contribution in [-0.4, -0.2) is 11.7 Å². The molecule has 1 atom stereocenters. The maximum Gasteiger partial charge on any atom is 0.0681 e. The average molecular weight is 205 g/mol. The van der Waals surface area contributed by atoms with Crippen LogP contribution in [0.25, 0.3) is 0 Å². The summed E-state index contributed by atoms with van der Waals surface area (Å²) in [6.07, 6.45) is 2.77. The Balaban J connectivity index is 1.93. The Morgan fingerprint density at radius 3 is 2.93 bits per heavy atom. The van der Waals surface area contributed by atoms with E-state index in [-0.39, 0.29) is 6.61 Å². The molecule has 82 valence electrons. The average Bonchev–Trinajstić information content (AvgIpc) is 3.10. The lowest BCUT2D eigenvalue weighted by Crippen LogP contribution is -2.21. The van der Waals surface area contributed by atoms with Gasteiger partial charge in [0, 0.05) is 6.04 Å². The third-order valence-electron chi connectivity index (χ3n) is 3.04. The van der Waals surface area contributed by atoms with E-state index in [9.17, 15) is 0 Å². The first-order valence-corrected chi connectivity index (χ1v) is 5.72. The van der Waals surface area contributed by atoms with E-state index >= 15 is 0 Å². The van der Waals surface area contributed by atoms with Gasteiger partial charge in [0.1, 0.15) is 0 Å². The van der Waals surface area contributed by atoms with E-state index in [1.54, 1.807) is 0 Å². The molecule has 0 aliphatic heterocycles. The fraction of sp³-hybridized carbons (Fsp3) is 0.538.